The van der Waals surface area contributed by atoms with Gasteiger partial charge in [-0.3, -0.25) is 4.98 Å². The summed E-state index contributed by atoms with van der Waals surface area (Å²) in [6.45, 7) is 2.30. The molecule has 0 saturated heterocycles. The summed E-state index contributed by atoms with van der Waals surface area (Å²) in [6.07, 6.45) is 10.2. The van der Waals surface area contributed by atoms with E-state index in [1.54, 1.807) is 14.2 Å². The smallest absolute Gasteiger partial charge is 0.162 e. The van der Waals surface area contributed by atoms with E-state index in [-0.39, 0.29) is 0 Å². The Balaban J connectivity index is 1.84. The molecule has 0 aliphatic heterocycles. The molecule has 2 heterocycles. The second-order valence-electron chi connectivity index (χ2n) is 6.95. The molecule has 4 rings (SSSR count). The fraction of sp³-hybridized carbons (Fsp3) is 0.500. The molecule has 0 spiro atoms. The first-order valence-electron chi connectivity index (χ1n) is 9.12. The first kappa shape index (κ1) is 16.2. The standard InChI is InChI=1S/C20H25N3O2/c1-4-13-5-7-14(8-6-13)23-12-22-17-11-21-16-10-19(25-3)18(24-2)9-15(16)20(17)23/h9-14H,4-8H2,1-3H3/t13-,14-. The lowest BCUT2D eigenvalue weighted by Crippen LogP contribution is -2.17. The highest BCUT2D eigenvalue weighted by molar-refractivity contribution is 6.03. The molecule has 0 N–H and O–H groups in total. The van der Waals surface area contributed by atoms with Gasteiger partial charge >= 0.3 is 0 Å². The van der Waals surface area contributed by atoms with Gasteiger partial charge in [0.05, 0.1) is 37.8 Å². The summed E-state index contributed by atoms with van der Waals surface area (Å²) in [5, 5.41) is 1.07. The summed E-state index contributed by atoms with van der Waals surface area (Å²) in [7, 11) is 3.32. The quantitative estimate of drug-likeness (QED) is 0.689. The first-order chi connectivity index (χ1) is 12.2. The molecule has 5 nitrogen and oxygen atoms in total. The molecule has 0 atom stereocenters. The SMILES string of the molecule is CC[C@H]1CC[C@H](n2cnc3cnc4cc(OC)c(OC)cc4c32)CC1. The van der Waals surface area contributed by atoms with Crippen LogP contribution in [-0.2, 0) is 0 Å². The summed E-state index contributed by atoms with van der Waals surface area (Å²) >= 11 is 0. The number of pyridine rings is 1. The fourth-order valence-corrected chi connectivity index (χ4v) is 4.15. The number of rotatable bonds is 4. The van der Waals surface area contributed by atoms with Crippen molar-refractivity contribution in [3.05, 3.63) is 24.7 Å². The van der Waals surface area contributed by atoms with Gasteiger partial charge in [-0.05, 0) is 37.7 Å². The average Bonchev–Trinajstić information content (AvgIpc) is 3.11. The minimum atomic E-state index is 0.520. The second kappa shape index (κ2) is 6.54. The van der Waals surface area contributed by atoms with E-state index >= 15 is 0 Å². The number of benzene rings is 1. The molecule has 3 aromatic rings. The van der Waals surface area contributed by atoms with Gasteiger partial charge < -0.3 is 14.0 Å². The molecule has 1 saturated carbocycles. The number of hydrogen-bond acceptors (Lipinski definition) is 4. The number of fused-ring (bicyclic) bond motifs is 3. The van der Waals surface area contributed by atoms with Crippen LogP contribution in [0.2, 0.25) is 0 Å². The lowest BCUT2D eigenvalue weighted by Gasteiger charge is -2.29. The maximum absolute atomic E-state index is 5.50. The van der Waals surface area contributed by atoms with Gasteiger partial charge in [-0.1, -0.05) is 13.3 Å². The van der Waals surface area contributed by atoms with Gasteiger partial charge in [0, 0.05) is 17.5 Å². The topological polar surface area (TPSA) is 49.2 Å². The second-order valence-corrected chi connectivity index (χ2v) is 6.95. The molecule has 25 heavy (non-hydrogen) atoms. The van der Waals surface area contributed by atoms with Crippen molar-refractivity contribution < 1.29 is 9.47 Å². The van der Waals surface area contributed by atoms with Crippen LogP contribution in [0, 0.1) is 5.92 Å². The Bertz CT molecular complexity index is 895. The van der Waals surface area contributed by atoms with Crippen molar-refractivity contribution in [3.63, 3.8) is 0 Å². The molecule has 0 amide bonds. The third kappa shape index (κ3) is 2.71. The number of methoxy groups -OCH3 is 2. The van der Waals surface area contributed by atoms with Crippen molar-refractivity contribution in [1.29, 1.82) is 0 Å². The Morgan fingerprint density at radius 2 is 1.72 bits per heavy atom. The van der Waals surface area contributed by atoms with Crippen molar-refractivity contribution in [2.45, 2.75) is 45.1 Å². The molecule has 0 radical (unpaired) electrons. The Hall–Kier alpha value is -2.30. The third-order valence-electron chi connectivity index (χ3n) is 5.69. The Kier molecular flexibility index (Phi) is 4.24. The predicted molar refractivity (Wildman–Crippen MR) is 99.4 cm³/mol. The third-order valence-corrected chi connectivity index (χ3v) is 5.69. The first-order valence-corrected chi connectivity index (χ1v) is 9.12. The van der Waals surface area contributed by atoms with Gasteiger partial charge in [0.2, 0.25) is 0 Å². The summed E-state index contributed by atoms with van der Waals surface area (Å²) in [5.74, 6) is 2.32. The Morgan fingerprint density at radius 3 is 2.40 bits per heavy atom. The van der Waals surface area contributed by atoms with E-state index in [2.05, 4.69) is 21.5 Å². The van der Waals surface area contributed by atoms with Crippen LogP contribution in [-0.4, -0.2) is 28.8 Å². The highest BCUT2D eigenvalue weighted by atomic mass is 16.5. The average molecular weight is 339 g/mol. The van der Waals surface area contributed by atoms with Gasteiger partial charge in [-0.25, -0.2) is 4.98 Å². The summed E-state index contributed by atoms with van der Waals surface area (Å²) < 4.78 is 13.3. The van der Waals surface area contributed by atoms with Gasteiger partial charge in [0.25, 0.3) is 0 Å². The van der Waals surface area contributed by atoms with E-state index in [1.807, 2.05) is 24.7 Å². The minimum absolute atomic E-state index is 0.520. The highest BCUT2D eigenvalue weighted by Crippen LogP contribution is 2.38. The zero-order valence-electron chi connectivity index (χ0n) is 15.2. The van der Waals surface area contributed by atoms with E-state index in [4.69, 9.17) is 9.47 Å². The van der Waals surface area contributed by atoms with Crippen LogP contribution in [0.1, 0.15) is 45.1 Å². The maximum Gasteiger partial charge on any atom is 0.162 e. The van der Waals surface area contributed by atoms with E-state index in [1.165, 1.54) is 32.1 Å². The molecule has 2 aromatic heterocycles. The van der Waals surface area contributed by atoms with Crippen LogP contribution in [0.25, 0.3) is 21.9 Å². The van der Waals surface area contributed by atoms with Gasteiger partial charge in [-0.2, -0.15) is 0 Å². The van der Waals surface area contributed by atoms with Crippen LogP contribution in [0.5, 0.6) is 11.5 Å². The van der Waals surface area contributed by atoms with Crippen LogP contribution in [0.15, 0.2) is 24.7 Å². The summed E-state index contributed by atoms with van der Waals surface area (Å²) in [5.41, 5.74) is 3.01. The molecule has 1 aliphatic rings. The van der Waals surface area contributed by atoms with E-state index in [9.17, 15) is 0 Å². The van der Waals surface area contributed by atoms with Crippen molar-refractivity contribution in [2.24, 2.45) is 5.92 Å². The van der Waals surface area contributed by atoms with Crippen molar-refractivity contribution >= 4 is 21.9 Å². The molecule has 0 unspecified atom stereocenters. The van der Waals surface area contributed by atoms with E-state index < -0.39 is 0 Å². The van der Waals surface area contributed by atoms with Crippen molar-refractivity contribution in [3.8, 4) is 11.5 Å². The maximum atomic E-state index is 5.50. The zero-order valence-corrected chi connectivity index (χ0v) is 15.2. The van der Waals surface area contributed by atoms with E-state index in [0.29, 0.717) is 11.8 Å². The normalized spacial score (nSPS) is 20.9. The summed E-state index contributed by atoms with van der Waals surface area (Å²) in [6, 6.07) is 4.49. The van der Waals surface area contributed by atoms with Crippen molar-refractivity contribution in [2.75, 3.05) is 14.2 Å². The molecule has 132 valence electrons. The zero-order chi connectivity index (χ0) is 17.4. The van der Waals surface area contributed by atoms with Gasteiger partial charge in [-0.15, -0.1) is 0 Å². The molecule has 0 bridgehead atoms. The molecular formula is C20H25N3O2. The molecule has 5 heteroatoms. The van der Waals surface area contributed by atoms with Crippen molar-refractivity contribution in [1.82, 2.24) is 14.5 Å². The Morgan fingerprint density at radius 1 is 1.00 bits per heavy atom. The molecule has 1 aromatic carbocycles. The molecular weight excluding hydrogens is 314 g/mol. The predicted octanol–water partition coefficient (Wildman–Crippen LogP) is 4.74. The lowest BCUT2D eigenvalue weighted by molar-refractivity contribution is 0.273. The largest absolute Gasteiger partial charge is 0.493 e. The summed E-state index contributed by atoms with van der Waals surface area (Å²) in [4.78, 5) is 9.18. The highest BCUT2D eigenvalue weighted by Gasteiger charge is 2.23. The van der Waals surface area contributed by atoms with Gasteiger partial charge in [0.1, 0.15) is 5.52 Å². The number of aromatic nitrogens is 3. The van der Waals surface area contributed by atoms with Crippen LogP contribution < -0.4 is 9.47 Å². The van der Waals surface area contributed by atoms with Crippen LogP contribution in [0.4, 0.5) is 0 Å². The Labute approximate surface area is 148 Å². The van der Waals surface area contributed by atoms with Crippen LogP contribution >= 0.6 is 0 Å². The fourth-order valence-electron chi connectivity index (χ4n) is 4.15. The number of imidazole rings is 1. The lowest BCUT2D eigenvalue weighted by atomic mass is 9.84. The molecule has 1 aliphatic carbocycles. The number of nitrogens with zero attached hydrogens (tertiary/aromatic N) is 3. The van der Waals surface area contributed by atoms with Gasteiger partial charge in [0.15, 0.2) is 11.5 Å². The number of hydrogen-bond donors (Lipinski definition) is 0. The molecule has 1 fully saturated rings. The number of ether oxygens (including phenoxy) is 2. The van der Waals surface area contributed by atoms with E-state index in [0.717, 1.165) is 33.6 Å². The monoisotopic (exact) mass is 339 g/mol. The van der Waals surface area contributed by atoms with Crippen LogP contribution in [0.3, 0.4) is 0 Å². The minimum Gasteiger partial charge on any atom is -0.493 e.